The quantitative estimate of drug-likeness (QED) is 0.509. The lowest BCUT2D eigenvalue weighted by Crippen LogP contribution is -2.41. The molecular weight excluding hydrogens is 354 g/mol. The lowest BCUT2D eigenvalue weighted by molar-refractivity contribution is 0.0601. The molecule has 1 aliphatic rings. The number of benzene rings is 1. The van der Waals surface area contributed by atoms with Crippen LogP contribution in [-0.4, -0.2) is 26.4 Å². The van der Waals surface area contributed by atoms with E-state index in [-0.39, 0.29) is 16.9 Å². The number of allylic oxidation sites excluding steroid dienone is 2. The molecule has 1 N–H and O–H groups in total. The van der Waals surface area contributed by atoms with Crippen molar-refractivity contribution in [2.75, 3.05) is 7.11 Å². The van der Waals surface area contributed by atoms with Gasteiger partial charge in [-0.1, -0.05) is 20.8 Å². The number of carbonyl (C=O) groups excluding carboxylic acids is 1. The van der Waals surface area contributed by atoms with Crippen molar-refractivity contribution in [3.63, 3.8) is 0 Å². The summed E-state index contributed by atoms with van der Waals surface area (Å²) >= 11 is 0. The van der Waals surface area contributed by atoms with Crippen molar-refractivity contribution in [1.82, 2.24) is 4.98 Å². The fourth-order valence-electron chi connectivity index (χ4n) is 3.47. The summed E-state index contributed by atoms with van der Waals surface area (Å²) in [6.07, 6.45) is 4.17. The molecule has 2 aromatic rings. The van der Waals surface area contributed by atoms with E-state index in [2.05, 4.69) is 52.0 Å². The molecule has 1 unspecified atom stereocenters. The number of ether oxygens (including phenoxy) is 1. The minimum absolute atomic E-state index is 0.158. The third-order valence-electron chi connectivity index (χ3n) is 6.23. The molecule has 27 heavy (non-hydrogen) atoms. The molecule has 0 spiro atoms. The van der Waals surface area contributed by atoms with Gasteiger partial charge in [0, 0.05) is 23.0 Å². The molecule has 0 amide bonds. The average molecular weight is 386 g/mol. The summed E-state index contributed by atoms with van der Waals surface area (Å²) in [6.45, 7) is 13.6. The summed E-state index contributed by atoms with van der Waals surface area (Å²) < 4.78 is 11.7. The lowest BCUT2D eigenvalue weighted by atomic mass is 9.96. The minimum atomic E-state index is -1.91. The van der Waals surface area contributed by atoms with E-state index in [0.717, 1.165) is 29.5 Å². The third kappa shape index (κ3) is 3.57. The number of carbonyl (C=O) groups is 1. The molecule has 1 aromatic carbocycles. The van der Waals surface area contributed by atoms with Crippen LogP contribution in [0.4, 0.5) is 0 Å². The Morgan fingerprint density at radius 1 is 1.26 bits per heavy atom. The van der Waals surface area contributed by atoms with E-state index in [1.165, 1.54) is 18.2 Å². The second-order valence-corrected chi connectivity index (χ2v) is 13.8. The fraction of sp³-hybridized carbons (Fsp3) is 0.500. The first-order chi connectivity index (χ1) is 12.5. The molecular formula is C22H31NO3Si. The second kappa shape index (κ2) is 6.86. The smallest absolute Gasteiger partial charge is 0.337 e. The van der Waals surface area contributed by atoms with E-state index in [0.29, 0.717) is 5.56 Å². The van der Waals surface area contributed by atoms with Gasteiger partial charge in [-0.15, -0.1) is 0 Å². The fourth-order valence-corrected chi connectivity index (χ4v) is 4.64. The Morgan fingerprint density at radius 3 is 2.59 bits per heavy atom. The molecule has 0 saturated heterocycles. The number of hydrogen-bond donors (Lipinski definition) is 1. The maximum Gasteiger partial charge on any atom is 0.337 e. The highest BCUT2D eigenvalue weighted by Gasteiger charge is 2.42. The maximum atomic E-state index is 12.0. The molecule has 0 fully saturated rings. The largest absolute Gasteiger partial charge is 0.546 e. The van der Waals surface area contributed by atoms with Gasteiger partial charge in [-0.2, -0.15) is 0 Å². The highest BCUT2D eigenvalue weighted by Crippen LogP contribution is 2.47. The molecule has 1 aromatic heterocycles. The van der Waals surface area contributed by atoms with Gasteiger partial charge in [0.2, 0.25) is 8.32 Å². The number of methoxy groups -OCH3 is 1. The summed E-state index contributed by atoms with van der Waals surface area (Å²) in [4.78, 5) is 15.3. The van der Waals surface area contributed by atoms with Crippen molar-refractivity contribution in [1.29, 1.82) is 0 Å². The Bertz CT molecular complexity index is 902. The Labute approximate surface area is 163 Å². The Balaban J connectivity index is 2.01. The summed E-state index contributed by atoms with van der Waals surface area (Å²) in [7, 11) is -0.495. The van der Waals surface area contributed by atoms with Crippen LogP contribution in [0.25, 0.3) is 10.9 Å². The number of H-pyrrole nitrogens is 1. The van der Waals surface area contributed by atoms with E-state index in [1.807, 2.05) is 12.1 Å². The van der Waals surface area contributed by atoms with Gasteiger partial charge in [-0.05, 0) is 67.2 Å². The van der Waals surface area contributed by atoms with Gasteiger partial charge in [-0.3, -0.25) is 0 Å². The number of rotatable bonds is 4. The lowest BCUT2D eigenvalue weighted by Gasteiger charge is -2.38. The van der Waals surface area contributed by atoms with E-state index in [4.69, 9.17) is 9.16 Å². The zero-order valence-electron chi connectivity index (χ0n) is 17.5. The van der Waals surface area contributed by atoms with Gasteiger partial charge in [-0.25, -0.2) is 4.79 Å². The molecule has 1 aliphatic carbocycles. The molecule has 5 heteroatoms. The normalized spacial score (nSPS) is 18.3. The number of esters is 1. The van der Waals surface area contributed by atoms with Gasteiger partial charge in [0.15, 0.2) is 0 Å². The van der Waals surface area contributed by atoms with Gasteiger partial charge in [0.05, 0.1) is 18.4 Å². The molecule has 0 bridgehead atoms. The van der Waals surface area contributed by atoms with Gasteiger partial charge in [0.1, 0.15) is 0 Å². The van der Waals surface area contributed by atoms with Crippen molar-refractivity contribution in [3.8, 4) is 0 Å². The number of hydrogen-bond acceptors (Lipinski definition) is 3. The molecule has 3 rings (SSSR count). The van der Waals surface area contributed by atoms with Crippen molar-refractivity contribution >= 4 is 25.2 Å². The van der Waals surface area contributed by atoms with Crippen LogP contribution in [0, 0.1) is 0 Å². The highest BCUT2D eigenvalue weighted by atomic mass is 28.4. The predicted molar refractivity (Wildman–Crippen MR) is 113 cm³/mol. The van der Waals surface area contributed by atoms with Crippen molar-refractivity contribution in [2.45, 2.75) is 64.6 Å². The first kappa shape index (κ1) is 19.7. The van der Waals surface area contributed by atoms with Crippen LogP contribution in [0.15, 0.2) is 35.7 Å². The van der Waals surface area contributed by atoms with Crippen LogP contribution in [0.2, 0.25) is 18.1 Å². The third-order valence-corrected chi connectivity index (χ3v) is 10.6. The zero-order valence-corrected chi connectivity index (χ0v) is 18.5. The summed E-state index contributed by atoms with van der Waals surface area (Å²) in [5.74, 6) is 1.08. The zero-order chi connectivity index (χ0) is 20.0. The Kier molecular flexibility index (Phi) is 5.01. The van der Waals surface area contributed by atoms with Crippen LogP contribution in [-0.2, 0) is 9.16 Å². The van der Waals surface area contributed by atoms with Gasteiger partial charge in [0.25, 0.3) is 0 Å². The monoisotopic (exact) mass is 385 g/mol. The molecule has 1 atom stereocenters. The Hall–Kier alpha value is -2.01. The molecule has 146 valence electrons. The van der Waals surface area contributed by atoms with E-state index in [1.54, 1.807) is 6.07 Å². The molecule has 0 radical (unpaired) electrons. The van der Waals surface area contributed by atoms with Crippen LogP contribution >= 0.6 is 0 Å². The first-order valence-corrected chi connectivity index (χ1v) is 12.5. The number of aromatic amines is 1. The van der Waals surface area contributed by atoms with Crippen LogP contribution in [0.1, 0.15) is 62.4 Å². The molecule has 0 saturated carbocycles. The van der Waals surface area contributed by atoms with E-state index < -0.39 is 8.32 Å². The standard InChI is InChI=1S/C22H31NO3Si/c1-14-8-10-16(20(14)26-27(6,7)22(2,3)4)18-13-23-19-11-9-15(12-17(18)19)21(24)25-5/h9,11-13,16,23H,8,10H2,1-7H3. The van der Waals surface area contributed by atoms with Crippen molar-refractivity contribution < 1.29 is 14.0 Å². The topological polar surface area (TPSA) is 51.3 Å². The predicted octanol–water partition coefficient (Wildman–Crippen LogP) is 6.13. The van der Waals surface area contributed by atoms with E-state index in [9.17, 15) is 4.79 Å². The summed E-state index contributed by atoms with van der Waals surface area (Å²) in [5.41, 5.74) is 4.18. The highest BCUT2D eigenvalue weighted by molar-refractivity contribution is 6.74. The minimum Gasteiger partial charge on any atom is -0.546 e. The molecule has 0 aliphatic heterocycles. The van der Waals surface area contributed by atoms with Crippen LogP contribution in [0.3, 0.4) is 0 Å². The number of aromatic nitrogens is 1. The average Bonchev–Trinajstić information content (AvgIpc) is 3.16. The van der Waals surface area contributed by atoms with Gasteiger partial charge >= 0.3 is 5.97 Å². The molecule has 1 heterocycles. The molecule has 4 nitrogen and oxygen atoms in total. The van der Waals surface area contributed by atoms with E-state index >= 15 is 0 Å². The van der Waals surface area contributed by atoms with Crippen molar-refractivity contribution in [3.05, 3.63) is 46.9 Å². The number of fused-ring (bicyclic) bond motifs is 1. The number of nitrogens with one attached hydrogen (secondary N) is 1. The van der Waals surface area contributed by atoms with Gasteiger partial charge < -0.3 is 14.1 Å². The van der Waals surface area contributed by atoms with Crippen LogP contribution < -0.4 is 0 Å². The maximum absolute atomic E-state index is 12.0. The second-order valence-electron chi connectivity index (χ2n) is 9.09. The summed E-state index contributed by atoms with van der Waals surface area (Å²) in [6, 6.07) is 5.69. The first-order valence-electron chi connectivity index (χ1n) is 9.63. The SMILES string of the molecule is COC(=O)c1ccc2[nH]cc(C3CCC(C)=C3O[Si](C)(C)C(C)(C)C)c2c1. The summed E-state index contributed by atoms with van der Waals surface area (Å²) in [5, 5.41) is 1.24. The van der Waals surface area contributed by atoms with Crippen LogP contribution in [0.5, 0.6) is 0 Å². The van der Waals surface area contributed by atoms with Crippen molar-refractivity contribution in [2.24, 2.45) is 0 Å². The Morgan fingerprint density at radius 2 is 1.96 bits per heavy atom.